The molecule has 0 bridgehead atoms. The van der Waals surface area contributed by atoms with E-state index < -0.39 is 26.9 Å². The molecule has 4 rings (SSSR count). The maximum Gasteiger partial charge on any atom is 0.213 e. The number of aromatic nitrogens is 6. The van der Waals surface area contributed by atoms with E-state index in [1.807, 2.05) is 0 Å². The van der Waals surface area contributed by atoms with E-state index in [4.69, 9.17) is 30.5 Å². The highest BCUT2D eigenvalue weighted by atomic mass is 35.5. The topological polar surface area (TPSA) is 140 Å². The first-order valence-corrected chi connectivity index (χ1v) is 14.6. The van der Waals surface area contributed by atoms with E-state index in [-0.39, 0.29) is 29.9 Å². The van der Waals surface area contributed by atoms with Crippen LogP contribution in [0.25, 0.3) is 11.5 Å². The lowest BCUT2D eigenvalue weighted by atomic mass is 9.89. The van der Waals surface area contributed by atoms with Gasteiger partial charge in [0, 0.05) is 39.8 Å². The van der Waals surface area contributed by atoms with Gasteiger partial charge in [-0.2, -0.15) is 0 Å². The lowest BCUT2D eigenvalue weighted by Crippen LogP contribution is -2.41. The Kier molecular flexibility index (Phi) is 9.49. The summed E-state index contributed by atoms with van der Waals surface area (Å²) in [7, 11) is 2.35. The highest BCUT2D eigenvalue weighted by Gasteiger charge is 2.40. The molecule has 5 atom stereocenters. The van der Waals surface area contributed by atoms with Gasteiger partial charge in [0.2, 0.25) is 5.88 Å². The lowest BCUT2D eigenvalue weighted by molar-refractivity contribution is -0.0561. The number of pyridine rings is 1. The van der Waals surface area contributed by atoms with Crippen LogP contribution in [0.15, 0.2) is 30.6 Å². The fourth-order valence-corrected chi connectivity index (χ4v) is 6.51. The van der Waals surface area contributed by atoms with Crippen LogP contribution < -0.4 is 4.74 Å². The monoisotopic (exact) mass is 580 g/mol. The van der Waals surface area contributed by atoms with E-state index in [2.05, 4.69) is 25.1 Å². The van der Waals surface area contributed by atoms with E-state index in [1.165, 1.54) is 26.6 Å². The third kappa shape index (κ3) is 6.22. The van der Waals surface area contributed by atoms with Gasteiger partial charge in [-0.1, -0.05) is 17.7 Å². The third-order valence-corrected chi connectivity index (χ3v) is 9.28. The summed E-state index contributed by atoms with van der Waals surface area (Å²) < 4.78 is 51.9. The molecule has 0 radical (unpaired) electrons. The molecule has 3 aromatic rings. The number of nitrogens with zero attached hydrogens (tertiary/aromatic N) is 6. The van der Waals surface area contributed by atoms with Gasteiger partial charge >= 0.3 is 0 Å². The van der Waals surface area contributed by atoms with Crippen molar-refractivity contribution >= 4 is 21.4 Å². The molecule has 0 aliphatic heterocycles. The maximum absolute atomic E-state index is 13.8. The van der Waals surface area contributed by atoms with Crippen molar-refractivity contribution in [3.05, 3.63) is 47.3 Å². The second-order valence-electron chi connectivity index (χ2n) is 9.27. The van der Waals surface area contributed by atoms with Gasteiger partial charge in [-0.3, -0.25) is 0 Å². The second-order valence-corrected chi connectivity index (χ2v) is 12.1. The van der Waals surface area contributed by atoms with Gasteiger partial charge in [-0.25, -0.2) is 23.4 Å². The summed E-state index contributed by atoms with van der Waals surface area (Å²) in [5.74, 6) is 0.830. The molecule has 14 heteroatoms. The summed E-state index contributed by atoms with van der Waals surface area (Å²) in [5, 5.41) is 8.08. The summed E-state index contributed by atoms with van der Waals surface area (Å²) in [5.41, 5.74) is 0.484. The van der Waals surface area contributed by atoms with Crippen LogP contribution in [0.5, 0.6) is 5.88 Å². The molecule has 0 saturated heterocycles. The molecule has 12 nitrogen and oxygen atoms in total. The normalized spacial score (nSPS) is 21.4. The Hall–Kier alpha value is -2.71. The van der Waals surface area contributed by atoms with Crippen molar-refractivity contribution in [1.82, 2.24) is 29.7 Å². The minimum absolute atomic E-state index is 0.215. The lowest BCUT2D eigenvalue weighted by Gasteiger charge is -2.38. The largest absolute Gasteiger partial charge is 0.481 e. The van der Waals surface area contributed by atoms with E-state index in [0.717, 1.165) is 19.3 Å². The van der Waals surface area contributed by atoms with Crippen LogP contribution in [0.2, 0.25) is 5.02 Å². The average Bonchev–Trinajstić information content (AvgIpc) is 3.35. The highest BCUT2D eigenvalue weighted by Crippen LogP contribution is 2.37. The van der Waals surface area contributed by atoms with Gasteiger partial charge in [0.05, 0.1) is 35.6 Å². The van der Waals surface area contributed by atoms with Crippen LogP contribution in [-0.2, 0) is 29.8 Å². The first-order valence-electron chi connectivity index (χ1n) is 12.5. The first-order chi connectivity index (χ1) is 18.7. The summed E-state index contributed by atoms with van der Waals surface area (Å²) in [4.78, 5) is 12.9. The number of sulfone groups is 1. The highest BCUT2D eigenvalue weighted by molar-refractivity contribution is 7.91. The zero-order chi connectivity index (χ0) is 28.2. The molecular weight excluding hydrogens is 548 g/mol. The minimum Gasteiger partial charge on any atom is -0.481 e. The van der Waals surface area contributed by atoms with Crippen LogP contribution in [0.4, 0.5) is 0 Å². The van der Waals surface area contributed by atoms with Crippen molar-refractivity contribution in [2.75, 3.05) is 28.4 Å². The van der Waals surface area contributed by atoms with E-state index >= 15 is 0 Å². The van der Waals surface area contributed by atoms with Crippen LogP contribution in [0, 0.1) is 0 Å². The molecule has 3 heterocycles. The van der Waals surface area contributed by atoms with Gasteiger partial charge in [0.15, 0.2) is 21.5 Å². The van der Waals surface area contributed by atoms with E-state index in [9.17, 15) is 8.42 Å². The molecule has 3 aromatic heterocycles. The number of hydrogen-bond donors (Lipinski definition) is 0. The smallest absolute Gasteiger partial charge is 0.213 e. The summed E-state index contributed by atoms with van der Waals surface area (Å²) in [6.07, 6.45) is 3.82. The molecule has 1 aliphatic rings. The van der Waals surface area contributed by atoms with E-state index in [0.29, 0.717) is 22.4 Å². The molecule has 1 saturated carbocycles. The number of hydrogen-bond acceptors (Lipinski definition) is 11. The van der Waals surface area contributed by atoms with Crippen molar-refractivity contribution in [3.63, 3.8) is 0 Å². The van der Waals surface area contributed by atoms with Crippen LogP contribution in [0.3, 0.4) is 0 Å². The molecule has 212 valence electrons. The predicted octanol–water partition coefficient (Wildman–Crippen LogP) is 3.24. The van der Waals surface area contributed by atoms with Crippen molar-refractivity contribution in [2.24, 2.45) is 0 Å². The number of rotatable bonds is 11. The van der Waals surface area contributed by atoms with E-state index in [1.54, 1.807) is 43.9 Å². The van der Waals surface area contributed by atoms with Crippen LogP contribution in [0.1, 0.15) is 50.0 Å². The van der Waals surface area contributed by atoms with Crippen molar-refractivity contribution in [1.29, 1.82) is 0 Å². The van der Waals surface area contributed by atoms with Gasteiger partial charge in [-0.05, 0) is 32.3 Å². The standard InChI is InChI=1S/C25H33ClN6O6S/c1-15(23(38-5)24-27-12-16(26)13-28-24)39(33,34)14-20-30-31-25(17-8-6-11-21(29-17)37-4)32(20)22-18(35-2)9-7-10-19(22)36-3/h6,8,11-13,15,18-19,22-23H,7,9-10,14H2,1-5H3/t15-,18-,19+,22?,23-/m0/s1. The second kappa shape index (κ2) is 12.6. The molecule has 1 aliphatic carbocycles. The molecule has 39 heavy (non-hydrogen) atoms. The predicted molar refractivity (Wildman–Crippen MR) is 143 cm³/mol. The molecule has 0 spiro atoms. The Morgan fingerprint density at radius 1 is 1.05 bits per heavy atom. The SMILES string of the molecule is COc1cccc(-c2nnc(CS(=O)(=O)[C@@H](C)[C@H](OC)c3ncc(Cl)cn3)n2C2[C@@H](OC)CCC[C@H]2OC)n1. The van der Waals surface area contributed by atoms with Crippen molar-refractivity contribution in [2.45, 2.75) is 61.5 Å². The summed E-state index contributed by atoms with van der Waals surface area (Å²) in [6, 6.07) is 4.90. The third-order valence-electron chi connectivity index (χ3n) is 7.04. The zero-order valence-electron chi connectivity index (χ0n) is 22.5. The van der Waals surface area contributed by atoms with Gasteiger partial charge in [-0.15, -0.1) is 10.2 Å². The summed E-state index contributed by atoms with van der Waals surface area (Å²) in [6.45, 7) is 1.56. The molecule has 1 fully saturated rings. The molecule has 1 unspecified atom stereocenters. The van der Waals surface area contributed by atoms with Gasteiger partial charge in [0.1, 0.15) is 23.4 Å². The van der Waals surface area contributed by atoms with Gasteiger partial charge in [0.25, 0.3) is 0 Å². The quantitative estimate of drug-likeness (QED) is 0.330. The molecule has 0 aromatic carbocycles. The van der Waals surface area contributed by atoms with Crippen LogP contribution >= 0.6 is 11.6 Å². The Labute approximate surface area is 233 Å². The minimum atomic E-state index is -3.86. The summed E-state index contributed by atoms with van der Waals surface area (Å²) >= 11 is 5.91. The average molecular weight is 581 g/mol. The fraction of sp³-hybridized carbons (Fsp3) is 0.560. The Balaban J connectivity index is 1.78. The fourth-order valence-electron chi connectivity index (χ4n) is 4.99. The Bertz CT molecular complexity index is 1340. The van der Waals surface area contributed by atoms with Crippen LogP contribution in [-0.4, -0.2) is 84.0 Å². The molecular formula is C25H33ClN6O6S. The Morgan fingerprint density at radius 3 is 2.31 bits per heavy atom. The first kappa shape index (κ1) is 29.3. The molecule has 0 N–H and O–H groups in total. The zero-order valence-corrected chi connectivity index (χ0v) is 24.1. The van der Waals surface area contributed by atoms with Gasteiger partial charge < -0.3 is 23.5 Å². The van der Waals surface area contributed by atoms with Crippen molar-refractivity contribution < 1.29 is 27.4 Å². The number of halogens is 1. The number of ether oxygens (including phenoxy) is 4. The number of methoxy groups -OCH3 is 4. The maximum atomic E-state index is 13.8. The molecule has 0 amide bonds. The van der Waals surface area contributed by atoms with Crippen molar-refractivity contribution in [3.8, 4) is 17.4 Å². The Morgan fingerprint density at radius 2 is 1.72 bits per heavy atom.